The van der Waals surface area contributed by atoms with E-state index in [0.29, 0.717) is 17.0 Å². The molecule has 0 radical (unpaired) electrons. The molecule has 186 valence electrons. The second-order valence-corrected chi connectivity index (χ2v) is 10.1. The number of hydrogen-bond donors (Lipinski definition) is 1. The molecule has 0 fully saturated rings. The van der Waals surface area contributed by atoms with Gasteiger partial charge >= 0.3 is 10.1 Å². The van der Waals surface area contributed by atoms with Crippen LogP contribution in [0.4, 0.5) is 13.9 Å². The number of aromatic nitrogens is 2. The smallest absolute Gasteiger partial charge is 0.339 e. The summed E-state index contributed by atoms with van der Waals surface area (Å²) in [5.74, 6) is -1.93. The minimum absolute atomic E-state index is 0.126. The summed E-state index contributed by atoms with van der Waals surface area (Å²) in [4.78, 5) is 12.4. The fourth-order valence-electron chi connectivity index (χ4n) is 3.11. The third kappa shape index (κ3) is 6.60. The largest absolute Gasteiger partial charge is 0.378 e. The first-order chi connectivity index (χ1) is 17.7. The molecule has 12 heteroatoms. The molecule has 0 saturated carbocycles. The maximum absolute atomic E-state index is 13.4. The van der Waals surface area contributed by atoms with Crippen molar-refractivity contribution in [3.63, 3.8) is 0 Å². The average molecular weight is 539 g/mol. The Labute approximate surface area is 214 Å². The van der Waals surface area contributed by atoms with Gasteiger partial charge in [0.25, 0.3) is 5.91 Å². The summed E-state index contributed by atoms with van der Waals surface area (Å²) in [6, 6.07) is 17.7. The molecular weight excluding hydrogens is 522 g/mol. The molecule has 1 amide bonds. The van der Waals surface area contributed by atoms with Gasteiger partial charge in [-0.15, -0.1) is 10.2 Å². The number of anilines is 1. The Morgan fingerprint density at radius 1 is 1.03 bits per heavy atom. The molecule has 4 rings (SSSR count). The van der Waals surface area contributed by atoms with E-state index in [4.69, 9.17) is 4.18 Å². The standard InChI is InChI=1S/C25H16F2N4O4S2/c26-19-8-10-21(11-9-19)37(33,34)35-22-7-2-1-5-17(22)14-18(15-28)24(32)29-25-31-30-23(36-25)13-16-4-3-6-20(27)12-16/h1-12,14H,13H2,(H,29,31,32)/b18-14+. The average Bonchev–Trinajstić information content (AvgIpc) is 3.30. The Balaban J connectivity index is 1.51. The molecule has 0 aliphatic heterocycles. The van der Waals surface area contributed by atoms with E-state index in [-0.39, 0.29) is 32.7 Å². The highest BCUT2D eigenvalue weighted by Crippen LogP contribution is 2.26. The number of nitrogens with zero attached hydrogens (tertiary/aromatic N) is 3. The normalized spacial score (nSPS) is 11.5. The number of carbonyl (C=O) groups is 1. The van der Waals surface area contributed by atoms with Crippen molar-refractivity contribution in [1.82, 2.24) is 10.2 Å². The lowest BCUT2D eigenvalue weighted by Gasteiger charge is -2.10. The first kappa shape index (κ1) is 25.6. The lowest BCUT2D eigenvalue weighted by atomic mass is 10.1. The highest BCUT2D eigenvalue weighted by molar-refractivity contribution is 7.87. The Bertz CT molecular complexity index is 1630. The van der Waals surface area contributed by atoms with Gasteiger partial charge in [-0.3, -0.25) is 10.1 Å². The zero-order chi connectivity index (χ0) is 26.4. The fourth-order valence-corrected chi connectivity index (χ4v) is 4.83. The number of rotatable bonds is 8. The van der Waals surface area contributed by atoms with Crippen LogP contribution in [-0.2, 0) is 21.3 Å². The molecule has 1 N–H and O–H groups in total. The Kier molecular flexibility index (Phi) is 7.66. The van der Waals surface area contributed by atoms with Crippen LogP contribution in [0.5, 0.6) is 5.75 Å². The molecule has 1 heterocycles. The summed E-state index contributed by atoms with van der Waals surface area (Å²) in [5, 5.41) is 20.5. The van der Waals surface area contributed by atoms with Crippen molar-refractivity contribution < 1.29 is 26.2 Å². The highest BCUT2D eigenvalue weighted by atomic mass is 32.2. The fraction of sp³-hybridized carbons (Fsp3) is 0.0400. The van der Waals surface area contributed by atoms with Crippen LogP contribution in [0.25, 0.3) is 6.08 Å². The van der Waals surface area contributed by atoms with Crippen LogP contribution in [0.2, 0.25) is 0 Å². The molecule has 4 aromatic rings. The van der Waals surface area contributed by atoms with Crippen LogP contribution in [0.1, 0.15) is 16.1 Å². The van der Waals surface area contributed by atoms with Gasteiger partial charge in [0, 0.05) is 12.0 Å². The van der Waals surface area contributed by atoms with Crippen molar-refractivity contribution in [1.29, 1.82) is 5.26 Å². The number of nitriles is 1. The van der Waals surface area contributed by atoms with Crippen LogP contribution in [-0.4, -0.2) is 24.5 Å². The SMILES string of the molecule is N#C/C(=C\c1ccccc1OS(=O)(=O)c1ccc(F)cc1)C(=O)Nc1nnc(Cc2cccc(F)c2)s1. The van der Waals surface area contributed by atoms with Gasteiger partial charge in [-0.25, -0.2) is 8.78 Å². The monoisotopic (exact) mass is 538 g/mol. The molecule has 0 saturated heterocycles. The van der Waals surface area contributed by atoms with Gasteiger partial charge in [-0.1, -0.05) is 41.7 Å². The van der Waals surface area contributed by atoms with Crippen molar-refractivity contribution in [2.75, 3.05) is 5.32 Å². The van der Waals surface area contributed by atoms with Gasteiger partial charge in [0.2, 0.25) is 5.13 Å². The number of halogens is 2. The van der Waals surface area contributed by atoms with E-state index in [1.54, 1.807) is 24.3 Å². The summed E-state index contributed by atoms with van der Waals surface area (Å²) < 4.78 is 56.9. The van der Waals surface area contributed by atoms with Crippen molar-refractivity contribution in [2.45, 2.75) is 11.3 Å². The van der Waals surface area contributed by atoms with Gasteiger partial charge in [-0.2, -0.15) is 13.7 Å². The third-order valence-corrected chi connectivity index (χ3v) is 6.90. The molecule has 37 heavy (non-hydrogen) atoms. The lowest BCUT2D eigenvalue weighted by Crippen LogP contribution is -2.14. The Hall–Kier alpha value is -4.47. The topological polar surface area (TPSA) is 122 Å². The molecule has 0 spiro atoms. The Morgan fingerprint density at radius 2 is 1.78 bits per heavy atom. The van der Waals surface area contributed by atoms with E-state index in [0.717, 1.165) is 35.6 Å². The van der Waals surface area contributed by atoms with E-state index in [9.17, 15) is 27.3 Å². The molecule has 1 aromatic heterocycles. The number of benzene rings is 3. The van der Waals surface area contributed by atoms with Crippen LogP contribution in [0.3, 0.4) is 0 Å². The molecule has 8 nitrogen and oxygen atoms in total. The van der Waals surface area contributed by atoms with Gasteiger partial charge < -0.3 is 4.18 Å². The van der Waals surface area contributed by atoms with Gasteiger partial charge in [0.1, 0.15) is 38.9 Å². The molecule has 3 aromatic carbocycles. The molecule has 0 aliphatic rings. The Morgan fingerprint density at radius 3 is 2.51 bits per heavy atom. The van der Waals surface area contributed by atoms with Crippen molar-refractivity contribution in [2.24, 2.45) is 0 Å². The molecule has 0 bridgehead atoms. The van der Waals surface area contributed by atoms with E-state index >= 15 is 0 Å². The first-order valence-electron chi connectivity index (χ1n) is 10.5. The maximum atomic E-state index is 13.4. The number of hydrogen-bond acceptors (Lipinski definition) is 8. The summed E-state index contributed by atoms with van der Waals surface area (Å²) in [6.45, 7) is 0. The van der Waals surface area contributed by atoms with Gasteiger partial charge in [0.05, 0.1) is 0 Å². The second-order valence-electron chi connectivity index (χ2n) is 7.46. The highest BCUT2D eigenvalue weighted by Gasteiger charge is 2.19. The zero-order valence-electron chi connectivity index (χ0n) is 18.8. The summed E-state index contributed by atoms with van der Waals surface area (Å²) in [6.07, 6.45) is 1.47. The van der Waals surface area contributed by atoms with Crippen molar-refractivity contribution in [3.8, 4) is 11.8 Å². The number of para-hydroxylation sites is 1. The third-order valence-electron chi connectivity index (χ3n) is 4.82. The number of carbonyl (C=O) groups excluding carboxylic acids is 1. The number of nitrogens with one attached hydrogen (secondary N) is 1. The molecule has 0 aliphatic carbocycles. The second kappa shape index (κ2) is 11.1. The quantitative estimate of drug-likeness (QED) is 0.196. The predicted octanol–water partition coefficient (Wildman–Crippen LogP) is 4.72. The van der Waals surface area contributed by atoms with Crippen molar-refractivity contribution in [3.05, 3.63) is 106 Å². The molecular formula is C25H16F2N4O4S2. The minimum Gasteiger partial charge on any atom is -0.378 e. The van der Waals surface area contributed by atoms with E-state index in [1.165, 1.54) is 36.4 Å². The maximum Gasteiger partial charge on any atom is 0.339 e. The van der Waals surface area contributed by atoms with Crippen LogP contribution in [0.15, 0.2) is 83.3 Å². The van der Waals surface area contributed by atoms with Gasteiger partial charge in [0.15, 0.2) is 0 Å². The first-order valence-corrected chi connectivity index (χ1v) is 12.7. The van der Waals surface area contributed by atoms with E-state index < -0.39 is 21.8 Å². The van der Waals surface area contributed by atoms with E-state index in [1.807, 2.05) is 0 Å². The van der Waals surface area contributed by atoms with Crippen LogP contribution >= 0.6 is 11.3 Å². The van der Waals surface area contributed by atoms with E-state index in [2.05, 4.69) is 15.5 Å². The summed E-state index contributed by atoms with van der Waals surface area (Å²) in [5.41, 5.74) is 0.472. The van der Waals surface area contributed by atoms with Crippen molar-refractivity contribution >= 4 is 38.6 Å². The minimum atomic E-state index is -4.31. The summed E-state index contributed by atoms with van der Waals surface area (Å²) >= 11 is 1.06. The molecule has 0 atom stereocenters. The van der Waals surface area contributed by atoms with Gasteiger partial charge in [-0.05, 0) is 54.1 Å². The summed E-state index contributed by atoms with van der Waals surface area (Å²) in [7, 11) is -4.31. The van der Waals surface area contributed by atoms with Crippen LogP contribution < -0.4 is 9.50 Å². The number of amides is 1. The predicted molar refractivity (Wildman–Crippen MR) is 132 cm³/mol. The zero-order valence-corrected chi connectivity index (χ0v) is 20.4. The van der Waals surface area contributed by atoms with Crippen LogP contribution in [0, 0.1) is 23.0 Å². The lowest BCUT2D eigenvalue weighted by molar-refractivity contribution is -0.112. The molecule has 0 unspecified atom stereocenters.